The minimum absolute atomic E-state index is 0.179. The Labute approximate surface area is 163 Å². The number of esters is 1. The summed E-state index contributed by atoms with van der Waals surface area (Å²) in [6.45, 7) is 5.01. The lowest BCUT2D eigenvalue weighted by Gasteiger charge is -2.14. The smallest absolute Gasteiger partial charge is 0.331 e. The average molecular weight is 385 g/mol. The van der Waals surface area contributed by atoms with E-state index in [0.717, 1.165) is 37.4 Å². The van der Waals surface area contributed by atoms with Gasteiger partial charge in [0.15, 0.2) is 6.61 Å². The summed E-state index contributed by atoms with van der Waals surface area (Å²) in [5, 5.41) is 0. The first-order chi connectivity index (χ1) is 13.4. The number of nitrogens with zero attached hydrogens (tertiary/aromatic N) is 1. The quantitative estimate of drug-likeness (QED) is 0.413. The predicted octanol–water partition coefficient (Wildman–Crippen LogP) is 3.86. The fourth-order valence-electron chi connectivity index (χ4n) is 3.39. The second-order valence-electron chi connectivity index (χ2n) is 6.95. The van der Waals surface area contributed by atoms with Crippen molar-refractivity contribution >= 4 is 17.8 Å². The van der Waals surface area contributed by atoms with Crippen LogP contribution in [0.25, 0.3) is 6.08 Å². The van der Waals surface area contributed by atoms with Crippen molar-refractivity contribution in [2.75, 3.05) is 13.2 Å². The zero-order chi connectivity index (χ0) is 20.1. The molecule has 2 heterocycles. The van der Waals surface area contributed by atoms with Crippen LogP contribution in [0.4, 0.5) is 4.39 Å². The van der Waals surface area contributed by atoms with Crippen LogP contribution in [0.3, 0.4) is 0 Å². The van der Waals surface area contributed by atoms with Gasteiger partial charge in [-0.2, -0.15) is 0 Å². The number of hydrogen-bond acceptors (Lipinski definition) is 4. The summed E-state index contributed by atoms with van der Waals surface area (Å²) in [5.41, 5.74) is 2.93. The zero-order valence-corrected chi connectivity index (χ0v) is 16.1. The minimum atomic E-state index is -0.647. The summed E-state index contributed by atoms with van der Waals surface area (Å²) in [7, 11) is 0. The molecule has 6 heteroatoms. The van der Waals surface area contributed by atoms with Gasteiger partial charge in [-0.25, -0.2) is 9.18 Å². The molecule has 0 radical (unpaired) electrons. The number of aromatic nitrogens is 1. The molecule has 0 saturated carbocycles. The maximum absolute atomic E-state index is 13.1. The van der Waals surface area contributed by atoms with E-state index in [9.17, 15) is 14.0 Å². The van der Waals surface area contributed by atoms with Crippen LogP contribution in [0.5, 0.6) is 0 Å². The molecule has 1 atom stereocenters. The molecule has 148 valence electrons. The van der Waals surface area contributed by atoms with Gasteiger partial charge in [-0.15, -0.1) is 0 Å². The van der Waals surface area contributed by atoms with Gasteiger partial charge in [-0.1, -0.05) is 12.1 Å². The van der Waals surface area contributed by atoms with Gasteiger partial charge in [0, 0.05) is 36.2 Å². The molecule has 2 aromatic rings. The number of rotatable bonds is 7. The van der Waals surface area contributed by atoms with Gasteiger partial charge in [-0.05, 0) is 56.5 Å². The van der Waals surface area contributed by atoms with E-state index in [4.69, 9.17) is 9.47 Å². The van der Waals surface area contributed by atoms with Crippen molar-refractivity contribution in [1.29, 1.82) is 0 Å². The first-order valence-electron chi connectivity index (χ1n) is 9.36. The molecule has 3 rings (SSSR count). The number of benzene rings is 1. The second kappa shape index (κ2) is 8.97. The number of carbonyl (C=O) groups excluding carboxylic acids is 2. The molecule has 0 N–H and O–H groups in total. The van der Waals surface area contributed by atoms with Crippen molar-refractivity contribution in [3.05, 3.63) is 64.7 Å². The summed E-state index contributed by atoms with van der Waals surface area (Å²) in [5.74, 6) is -1.28. The van der Waals surface area contributed by atoms with Gasteiger partial charge < -0.3 is 14.0 Å². The van der Waals surface area contributed by atoms with Crippen LogP contribution in [-0.2, 0) is 20.8 Å². The lowest BCUT2D eigenvalue weighted by molar-refractivity contribution is -0.136. The Balaban J connectivity index is 1.57. The highest BCUT2D eigenvalue weighted by molar-refractivity contribution is 6.00. The summed E-state index contributed by atoms with van der Waals surface area (Å²) in [6, 6.07) is 7.67. The first kappa shape index (κ1) is 20.0. The molecule has 1 aromatic heterocycles. The summed E-state index contributed by atoms with van der Waals surface area (Å²) < 4.78 is 25.9. The third-order valence-corrected chi connectivity index (χ3v) is 4.89. The monoisotopic (exact) mass is 385 g/mol. The highest BCUT2D eigenvalue weighted by Crippen LogP contribution is 2.20. The van der Waals surface area contributed by atoms with Crippen LogP contribution in [0.15, 0.2) is 36.4 Å². The van der Waals surface area contributed by atoms with E-state index in [1.165, 1.54) is 24.3 Å². The van der Waals surface area contributed by atoms with E-state index in [1.54, 1.807) is 12.1 Å². The molecule has 5 nitrogen and oxygen atoms in total. The largest absolute Gasteiger partial charge is 0.454 e. The third kappa shape index (κ3) is 4.95. The standard InChI is InChI=1S/C22H24FNO4/c1-15-11-20(16(2)24(15)13-19-7-4-10-27-19)21(25)14-28-22(26)9-8-17-5-3-6-18(23)12-17/h3,5-6,8-9,11-12,19H,4,7,10,13-14H2,1-2H3/b9-8+/t19-/m1/s1. The van der Waals surface area contributed by atoms with E-state index < -0.39 is 5.97 Å². The Kier molecular flexibility index (Phi) is 6.41. The van der Waals surface area contributed by atoms with Crippen molar-refractivity contribution in [1.82, 2.24) is 4.57 Å². The number of aryl methyl sites for hydroxylation is 1. The van der Waals surface area contributed by atoms with E-state index in [2.05, 4.69) is 4.57 Å². The number of hydrogen-bond donors (Lipinski definition) is 0. The number of carbonyl (C=O) groups is 2. The Morgan fingerprint density at radius 3 is 2.86 bits per heavy atom. The van der Waals surface area contributed by atoms with Gasteiger partial charge in [-0.3, -0.25) is 4.79 Å². The zero-order valence-electron chi connectivity index (χ0n) is 16.1. The van der Waals surface area contributed by atoms with E-state index in [0.29, 0.717) is 11.1 Å². The fraction of sp³-hybridized carbons (Fsp3) is 0.364. The average Bonchev–Trinajstić information content (AvgIpc) is 3.28. The Morgan fingerprint density at radius 1 is 1.32 bits per heavy atom. The first-order valence-corrected chi connectivity index (χ1v) is 9.36. The summed E-state index contributed by atoms with van der Waals surface area (Å²) >= 11 is 0. The number of ether oxygens (including phenoxy) is 2. The Bertz CT molecular complexity index is 894. The Hall–Kier alpha value is -2.73. The van der Waals surface area contributed by atoms with Gasteiger partial charge in [0.05, 0.1) is 6.10 Å². The number of halogens is 1. The van der Waals surface area contributed by atoms with Crippen molar-refractivity contribution in [3.8, 4) is 0 Å². The van der Waals surface area contributed by atoms with Gasteiger partial charge in [0.1, 0.15) is 5.82 Å². The number of ketones is 1. The highest BCUT2D eigenvalue weighted by Gasteiger charge is 2.21. The Morgan fingerprint density at radius 2 is 2.14 bits per heavy atom. The van der Waals surface area contributed by atoms with E-state index >= 15 is 0 Å². The molecule has 1 fully saturated rings. The molecule has 1 aromatic carbocycles. The lowest BCUT2D eigenvalue weighted by Crippen LogP contribution is -2.18. The molecular formula is C22H24FNO4. The maximum Gasteiger partial charge on any atom is 0.331 e. The summed E-state index contributed by atoms with van der Waals surface area (Å²) in [6.07, 6.45) is 4.90. The van der Waals surface area contributed by atoms with Crippen LogP contribution < -0.4 is 0 Å². The van der Waals surface area contributed by atoms with Gasteiger partial charge in [0.25, 0.3) is 0 Å². The van der Waals surface area contributed by atoms with Crippen LogP contribution in [0.1, 0.15) is 40.2 Å². The van der Waals surface area contributed by atoms with Crippen LogP contribution >= 0.6 is 0 Å². The molecule has 1 aliphatic rings. The van der Waals surface area contributed by atoms with Crippen molar-refractivity contribution < 1.29 is 23.5 Å². The fourth-order valence-corrected chi connectivity index (χ4v) is 3.39. The highest BCUT2D eigenvalue weighted by atomic mass is 19.1. The lowest BCUT2D eigenvalue weighted by atomic mass is 10.1. The maximum atomic E-state index is 13.1. The van der Waals surface area contributed by atoms with Gasteiger partial charge in [0.2, 0.25) is 5.78 Å². The molecule has 0 spiro atoms. The summed E-state index contributed by atoms with van der Waals surface area (Å²) in [4.78, 5) is 24.3. The topological polar surface area (TPSA) is 57.5 Å². The minimum Gasteiger partial charge on any atom is -0.454 e. The molecule has 0 bridgehead atoms. The van der Waals surface area contributed by atoms with Crippen LogP contribution in [0, 0.1) is 19.7 Å². The van der Waals surface area contributed by atoms with Crippen molar-refractivity contribution in [2.24, 2.45) is 0 Å². The number of Topliss-reactive ketones (excluding diaryl/α,β-unsaturated/α-hetero) is 1. The molecular weight excluding hydrogens is 361 g/mol. The molecule has 28 heavy (non-hydrogen) atoms. The molecule has 0 aliphatic carbocycles. The molecule has 1 aliphatic heterocycles. The van der Waals surface area contributed by atoms with Crippen molar-refractivity contribution in [2.45, 2.75) is 39.3 Å². The second-order valence-corrected chi connectivity index (χ2v) is 6.95. The third-order valence-electron chi connectivity index (χ3n) is 4.89. The predicted molar refractivity (Wildman–Crippen MR) is 104 cm³/mol. The van der Waals surface area contributed by atoms with Crippen LogP contribution in [-0.4, -0.2) is 35.6 Å². The normalized spacial score (nSPS) is 16.6. The SMILES string of the molecule is Cc1cc(C(=O)COC(=O)/C=C/c2cccc(F)c2)c(C)n1C[C@H]1CCCO1. The van der Waals surface area contributed by atoms with E-state index in [1.807, 2.05) is 19.9 Å². The molecule has 1 saturated heterocycles. The molecule has 0 amide bonds. The van der Waals surface area contributed by atoms with Crippen LogP contribution in [0.2, 0.25) is 0 Å². The van der Waals surface area contributed by atoms with E-state index in [-0.39, 0.29) is 24.3 Å². The van der Waals surface area contributed by atoms with Crippen molar-refractivity contribution in [3.63, 3.8) is 0 Å². The molecule has 0 unspecified atom stereocenters. The van der Waals surface area contributed by atoms with Gasteiger partial charge >= 0.3 is 5.97 Å².